The molecule has 1 aromatic heterocycles. The molecule has 0 aliphatic carbocycles. The third kappa shape index (κ3) is 3.29. The molecule has 5 nitrogen and oxygen atoms in total. The van der Waals surface area contributed by atoms with Crippen LogP contribution in [-0.4, -0.2) is 21.8 Å². The molecule has 0 bridgehead atoms. The van der Waals surface area contributed by atoms with Crippen molar-refractivity contribution in [2.45, 2.75) is 0 Å². The number of nitrogens with two attached hydrogens (primary N) is 1. The second-order valence-electron chi connectivity index (χ2n) is 1.61. The summed E-state index contributed by atoms with van der Waals surface area (Å²) >= 11 is 0. The highest BCUT2D eigenvalue weighted by Gasteiger charge is 1.94. The fourth-order valence-corrected chi connectivity index (χ4v) is 0.509. The number of amides is 1. The Morgan fingerprint density at radius 1 is 1.45 bits per heavy atom. The van der Waals surface area contributed by atoms with Crippen LogP contribution in [0.15, 0.2) is 24.5 Å². The van der Waals surface area contributed by atoms with E-state index < -0.39 is 5.91 Å². The maximum atomic E-state index is 10.4. The maximum Gasteiger partial charge on any atom is 0.250 e. The molecule has 1 aromatic rings. The Hall–Kier alpha value is -1.46. The van der Waals surface area contributed by atoms with Gasteiger partial charge in [0.1, 0.15) is 0 Å². The first kappa shape index (κ1) is 12.2. The summed E-state index contributed by atoms with van der Waals surface area (Å²) in [5, 5.41) is 0. The predicted octanol–water partition coefficient (Wildman–Crippen LogP) is -1.47. The van der Waals surface area contributed by atoms with Crippen LogP contribution in [0.5, 0.6) is 0 Å². The number of nitrogens with zero attached hydrogens (tertiary/aromatic N) is 1. The smallest absolute Gasteiger partial charge is 0.250 e. The Balaban J connectivity index is 0. The van der Waals surface area contributed by atoms with Crippen molar-refractivity contribution in [2.75, 3.05) is 0 Å². The fraction of sp³-hybridized carbons (Fsp3) is 0. The van der Waals surface area contributed by atoms with Gasteiger partial charge in [-0.25, -0.2) is 0 Å². The van der Waals surface area contributed by atoms with Crippen LogP contribution < -0.4 is 5.73 Å². The monoisotopic (exact) mass is 158 g/mol. The van der Waals surface area contributed by atoms with Crippen LogP contribution in [0.3, 0.4) is 0 Å². The Morgan fingerprint density at radius 2 is 2.09 bits per heavy atom. The molecule has 62 valence electrons. The van der Waals surface area contributed by atoms with Crippen LogP contribution in [0, 0.1) is 0 Å². The molecule has 6 N–H and O–H groups in total. The molecule has 0 fully saturated rings. The number of carbonyl (C=O) groups excluding carboxylic acids is 1. The number of rotatable bonds is 1. The zero-order valence-corrected chi connectivity index (χ0v) is 5.74. The number of pyridine rings is 1. The van der Waals surface area contributed by atoms with E-state index in [0.717, 1.165) is 0 Å². The minimum absolute atomic E-state index is 0. The number of carbonyl (C=O) groups is 1. The molecular weight excluding hydrogens is 148 g/mol. The van der Waals surface area contributed by atoms with E-state index in [9.17, 15) is 4.79 Å². The summed E-state index contributed by atoms with van der Waals surface area (Å²) in [5.74, 6) is -0.442. The van der Waals surface area contributed by atoms with E-state index in [4.69, 9.17) is 5.73 Å². The topological polar surface area (TPSA) is 119 Å². The van der Waals surface area contributed by atoms with E-state index >= 15 is 0 Å². The number of hydrogen-bond acceptors (Lipinski definition) is 2. The molecule has 1 heterocycles. The molecule has 1 rings (SSSR count). The molecule has 0 atom stereocenters. The molecule has 0 spiro atoms. The summed E-state index contributed by atoms with van der Waals surface area (Å²) in [7, 11) is 0. The van der Waals surface area contributed by atoms with Crippen molar-refractivity contribution in [1.82, 2.24) is 4.98 Å². The van der Waals surface area contributed by atoms with Gasteiger partial charge < -0.3 is 16.7 Å². The quantitative estimate of drug-likeness (QED) is 0.536. The van der Waals surface area contributed by atoms with Gasteiger partial charge >= 0.3 is 0 Å². The van der Waals surface area contributed by atoms with Crippen molar-refractivity contribution >= 4 is 5.91 Å². The van der Waals surface area contributed by atoms with Gasteiger partial charge in [-0.05, 0) is 12.1 Å². The van der Waals surface area contributed by atoms with E-state index in [1.54, 1.807) is 18.3 Å². The van der Waals surface area contributed by atoms with Gasteiger partial charge in [0.15, 0.2) is 0 Å². The lowest BCUT2D eigenvalue weighted by molar-refractivity contribution is 0.1000. The lowest BCUT2D eigenvalue weighted by Gasteiger charge is -1.88. The summed E-state index contributed by atoms with van der Waals surface area (Å²) < 4.78 is 0. The molecule has 0 unspecified atom stereocenters. The average Bonchev–Trinajstić information content (AvgIpc) is 1.90. The number of hydrogen-bond donors (Lipinski definition) is 1. The minimum Gasteiger partial charge on any atom is -0.412 e. The van der Waals surface area contributed by atoms with Gasteiger partial charge in [-0.15, -0.1) is 0 Å². The van der Waals surface area contributed by atoms with E-state index in [0.29, 0.717) is 5.56 Å². The standard InChI is InChI=1S/C6H6N2O.2H2O/c7-6(9)5-2-1-3-8-4-5;;/h1-4H,(H2,7,9);2*1H2. The third-order valence-corrected chi connectivity index (χ3v) is 0.946. The molecule has 0 radical (unpaired) electrons. The van der Waals surface area contributed by atoms with Gasteiger partial charge in [-0.2, -0.15) is 0 Å². The Labute approximate surface area is 63.5 Å². The summed E-state index contributed by atoms with van der Waals surface area (Å²) in [6, 6.07) is 3.29. The van der Waals surface area contributed by atoms with Crippen molar-refractivity contribution in [1.29, 1.82) is 0 Å². The minimum atomic E-state index is -0.442. The van der Waals surface area contributed by atoms with Gasteiger partial charge in [-0.3, -0.25) is 9.78 Å². The van der Waals surface area contributed by atoms with Gasteiger partial charge in [0.2, 0.25) is 5.91 Å². The molecule has 0 aliphatic heterocycles. The lowest BCUT2D eigenvalue weighted by atomic mass is 10.3. The van der Waals surface area contributed by atoms with Crippen molar-refractivity contribution in [3.8, 4) is 0 Å². The van der Waals surface area contributed by atoms with Crippen molar-refractivity contribution < 1.29 is 15.7 Å². The van der Waals surface area contributed by atoms with Gasteiger partial charge in [0.05, 0.1) is 5.56 Å². The first-order valence-electron chi connectivity index (χ1n) is 2.50. The van der Waals surface area contributed by atoms with E-state index in [2.05, 4.69) is 4.98 Å². The molecule has 11 heavy (non-hydrogen) atoms. The first-order valence-corrected chi connectivity index (χ1v) is 2.50. The van der Waals surface area contributed by atoms with Crippen LogP contribution in [0.25, 0.3) is 0 Å². The third-order valence-electron chi connectivity index (χ3n) is 0.946. The van der Waals surface area contributed by atoms with Crippen LogP contribution in [0.1, 0.15) is 10.4 Å². The summed E-state index contributed by atoms with van der Waals surface area (Å²) in [5.41, 5.74) is 5.38. The molecular formula is C6H10N2O3. The van der Waals surface area contributed by atoms with Crippen LogP contribution in [-0.2, 0) is 0 Å². The Kier molecular flexibility index (Phi) is 5.94. The predicted molar refractivity (Wildman–Crippen MR) is 40.0 cm³/mol. The van der Waals surface area contributed by atoms with Crippen LogP contribution in [0.4, 0.5) is 0 Å². The molecule has 0 saturated heterocycles. The Bertz CT molecular complexity index is 212. The van der Waals surface area contributed by atoms with Crippen molar-refractivity contribution in [3.63, 3.8) is 0 Å². The average molecular weight is 158 g/mol. The second-order valence-corrected chi connectivity index (χ2v) is 1.61. The van der Waals surface area contributed by atoms with Gasteiger partial charge in [0, 0.05) is 12.4 Å². The maximum absolute atomic E-state index is 10.4. The fourth-order valence-electron chi connectivity index (χ4n) is 0.509. The SMILES string of the molecule is NC(=O)c1cccnc1.O.O. The zero-order valence-electron chi connectivity index (χ0n) is 5.74. The van der Waals surface area contributed by atoms with E-state index in [1.165, 1.54) is 6.20 Å². The molecule has 5 heteroatoms. The second kappa shape index (κ2) is 5.33. The number of primary amides is 1. The lowest BCUT2D eigenvalue weighted by Crippen LogP contribution is -2.10. The van der Waals surface area contributed by atoms with E-state index in [-0.39, 0.29) is 11.0 Å². The Morgan fingerprint density at radius 3 is 2.36 bits per heavy atom. The van der Waals surface area contributed by atoms with Gasteiger partial charge in [0.25, 0.3) is 0 Å². The van der Waals surface area contributed by atoms with Gasteiger partial charge in [-0.1, -0.05) is 0 Å². The number of aromatic nitrogens is 1. The first-order chi connectivity index (χ1) is 4.30. The van der Waals surface area contributed by atoms with Crippen molar-refractivity contribution in [3.05, 3.63) is 30.1 Å². The normalized spacial score (nSPS) is 7.27. The molecule has 0 aromatic carbocycles. The molecule has 0 saturated carbocycles. The molecule has 0 aliphatic rings. The highest BCUT2D eigenvalue weighted by Crippen LogP contribution is 1.91. The highest BCUT2D eigenvalue weighted by atomic mass is 16.1. The summed E-state index contributed by atoms with van der Waals surface area (Å²) in [6.07, 6.45) is 3.02. The summed E-state index contributed by atoms with van der Waals surface area (Å²) in [4.78, 5) is 14.1. The summed E-state index contributed by atoms with van der Waals surface area (Å²) in [6.45, 7) is 0. The van der Waals surface area contributed by atoms with Crippen molar-refractivity contribution in [2.24, 2.45) is 5.73 Å². The highest BCUT2D eigenvalue weighted by molar-refractivity contribution is 5.92. The van der Waals surface area contributed by atoms with Crippen LogP contribution in [0.2, 0.25) is 0 Å². The zero-order chi connectivity index (χ0) is 6.69. The van der Waals surface area contributed by atoms with E-state index in [1.807, 2.05) is 0 Å². The van der Waals surface area contributed by atoms with Crippen LogP contribution >= 0.6 is 0 Å². The largest absolute Gasteiger partial charge is 0.412 e. The molecule has 1 amide bonds.